The lowest BCUT2D eigenvalue weighted by Crippen LogP contribution is -2.05. The first-order valence-electron chi connectivity index (χ1n) is 7.78. The lowest BCUT2D eigenvalue weighted by Gasteiger charge is -2.07. The summed E-state index contributed by atoms with van der Waals surface area (Å²) in [6.07, 6.45) is 0. The fourth-order valence-electron chi connectivity index (χ4n) is 2.50. The topological polar surface area (TPSA) is 66.0 Å². The van der Waals surface area contributed by atoms with Gasteiger partial charge in [-0.25, -0.2) is 4.98 Å². The lowest BCUT2D eigenvalue weighted by atomic mass is 10.3. The molecule has 0 amide bonds. The van der Waals surface area contributed by atoms with Gasteiger partial charge in [-0.15, -0.1) is 11.3 Å². The number of nitrogens with zero attached hydrogens (tertiary/aromatic N) is 4. The van der Waals surface area contributed by atoms with E-state index in [2.05, 4.69) is 20.8 Å². The molecule has 0 fully saturated rings. The van der Waals surface area contributed by atoms with Crippen molar-refractivity contribution in [3.63, 3.8) is 0 Å². The normalized spacial score (nSPS) is 11.4. The number of para-hydroxylation sites is 2. The van der Waals surface area contributed by atoms with Gasteiger partial charge in [0.05, 0.1) is 28.3 Å². The Morgan fingerprint density at radius 1 is 1.20 bits per heavy atom. The van der Waals surface area contributed by atoms with Crippen LogP contribution in [0.2, 0.25) is 0 Å². The standard InChI is InChI=1S/C17H16N4O2S2/c1-22-9-8-21-13-6-3-2-5-12(13)18-17(21)25-11-15-19-16(23-20-15)14-7-4-10-24-14/h2-7,10H,8-9,11H2,1H3. The number of fused-ring (bicyclic) bond motifs is 1. The van der Waals surface area contributed by atoms with Crippen molar-refractivity contribution in [2.24, 2.45) is 0 Å². The highest BCUT2D eigenvalue weighted by atomic mass is 32.2. The van der Waals surface area contributed by atoms with E-state index in [9.17, 15) is 0 Å². The minimum Gasteiger partial charge on any atom is -0.383 e. The van der Waals surface area contributed by atoms with Gasteiger partial charge in [0.25, 0.3) is 5.89 Å². The number of benzene rings is 1. The van der Waals surface area contributed by atoms with Gasteiger partial charge in [-0.1, -0.05) is 35.1 Å². The molecule has 0 saturated heterocycles. The van der Waals surface area contributed by atoms with Gasteiger partial charge in [0.1, 0.15) is 0 Å². The van der Waals surface area contributed by atoms with Crippen LogP contribution >= 0.6 is 23.1 Å². The maximum atomic E-state index is 5.34. The maximum absolute atomic E-state index is 5.34. The molecule has 0 bridgehead atoms. The molecule has 0 spiro atoms. The van der Waals surface area contributed by atoms with Crippen LogP contribution in [0.5, 0.6) is 0 Å². The first-order chi connectivity index (χ1) is 12.3. The van der Waals surface area contributed by atoms with Crippen LogP contribution in [0.1, 0.15) is 5.82 Å². The van der Waals surface area contributed by atoms with Gasteiger partial charge in [0, 0.05) is 13.7 Å². The third-order valence-electron chi connectivity index (χ3n) is 3.67. The second-order valence-corrected chi connectivity index (χ2v) is 7.20. The number of rotatable bonds is 7. The predicted molar refractivity (Wildman–Crippen MR) is 98.8 cm³/mol. The molecule has 0 aliphatic carbocycles. The molecule has 3 aromatic heterocycles. The summed E-state index contributed by atoms with van der Waals surface area (Å²) in [6.45, 7) is 1.39. The Hall–Kier alpha value is -2.16. The maximum Gasteiger partial charge on any atom is 0.268 e. The first kappa shape index (κ1) is 16.3. The molecule has 8 heteroatoms. The van der Waals surface area contributed by atoms with Gasteiger partial charge in [-0.05, 0) is 23.6 Å². The Morgan fingerprint density at radius 3 is 2.96 bits per heavy atom. The molecule has 4 aromatic rings. The molecule has 3 heterocycles. The number of thioether (sulfide) groups is 1. The van der Waals surface area contributed by atoms with Crippen LogP contribution in [0.3, 0.4) is 0 Å². The van der Waals surface area contributed by atoms with Crippen LogP contribution in [-0.4, -0.2) is 33.4 Å². The van der Waals surface area contributed by atoms with Crippen LogP contribution in [0.25, 0.3) is 21.8 Å². The second-order valence-electron chi connectivity index (χ2n) is 5.31. The van der Waals surface area contributed by atoms with Crippen molar-refractivity contribution in [3.8, 4) is 10.8 Å². The van der Waals surface area contributed by atoms with Crippen LogP contribution in [-0.2, 0) is 17.0 Å². The van der Waals surface area contributed by atoms with E-state index >= 15 is 0 Å². The summed E-state index contributed by atoms with van der Waals surface area (Å²) in [4.78, 5) is 10.2. The quantitative estimate of drug-likeness (QED) is 0.455. The Bertz CT molecular complexity index is 962. The number of methoxy groups -OCH3 is 1. The Balaban J connectivity index is 1.54. The fourth-order valence-corrected chi connectivity index (χ4v) is 4.03. The number of ether oxygens (including phenoxy) is 1. The van der Waals surface area contributed by atoms with Crippen molar-refractivity contribution < 1.29 is 9.26 Å². The van der Waals surface area contributed by atoms with Gasteiger partial charge >= 0.3 is 0 Å². The highest BCUT2D eigenvalue weighted by Crippen LogP contribution is 2.28. The Kier molecular flexibility index (Phi) is 4.82. The Labute approximate surface area is 152 Å². The van der Waals surface area contributed by atoms with E-state index in [0.717, 1.165) is 27.6 Å². The summed E-state index contributed by atoms with van der Waals surface area (Å²) in [5.74, 6) is 1.84. The number of hydrogen-bond acceptors (Lipinski definition) is 7. The molecule has 0 saturated carbocycles. The molecule has 0 radical (unpaired) electrons. The van der Waals surface area contributed by atoms with Gasteiger partial charge in [0.15, 0.2) is 11.0 Å². The van der Waals surface area contributed by atoms with E-state index in [1.807, 2.05) is 35.7 Å². The van der Waals surface area contributed by atoms with Crippen molar-refractivity contribution in [1.29, 1.82) is 0 Å². The van der Waals surface area contributed by atoms with Crippen LogP contribution < -0.4 is 0 Å². The molecule has 25 heavy (non-hydrogen) atoms. The zero-order chi connectivity index (χ0) is 17.1. The Morgan fingerprint density at radius 2 is 2.12 bits per heavy atom. The number of hydrogen-bond donors (Lipinski definition) is 0. The summed E-state index contributed by atoms with van der Waals surface area (Å²) in [7, 11) is 1.71. The second kappa shape index (κ2) is 7.38. The molecule has 0 unspecified atom stereocenters. The third kappa shape index (κ3) is 3.46. The van der Waals surface area contributed by atoms with E-state index in [0.29, 0.717) is 24.1 Å². The first-order valence-corrected chi connectivity index (χ1v) is 9.65. The van der Waals surface area contributed by atoms with Gasteiger partial charge in [-0.3, -0.25) is 0 Å². The average Bonchev–Trinajstić information content (AvgIpc) is 3.36. The molecule has 128 valence electrons. The van der Waals surface area contributed by atoms with E-state index in [4.69, 9.17) is 14.2 Å². The molecule has 0 aliphatic heterocycles. The molecule has 4 rings (SSSR count). The average molecular weight is 372 g/mol. The van der Waals surface area contributed by atoms with Gasteiger partial charge < -0.3 is 13.8 Å². The largest absolute Gasteiger partial charge is 0.383 e. The molecule has 0 atom stereocenters. The van der Waals surface area contributed by atoms with Crippen molar-refractivity contribution >= 4 is 34.1 Å². The van der Waals surface area contributed by atoms with E-state index < -0.39 is 0 Å². The zero-order valence-electron chi connectivity index (χ0n) is 13.6. The number of thiophene rings is 1. The smallest absolute Gasteiger partial charge is 0.268 e. The molecule has 6 nitrogen and oxygen atoms in total. The van der Waals surface area contributed by atoms with E-state index in [-0.39, 0.29) is 0 Å². The number of imidazole rings is 1. The zero-order valence-corrected chi connectivity index (χ0v) is 15.2. The van der Waals surface area contributed by atoms with Crippen LogP contribution in [0, 0.1) is 0 Å². The van der Waals surface area contributed by atoms with Crippen molar-refractivity contribution in [2.75, 3.05) is 13.7 Å². The molecule has 1 aromatic carbocycles. The van der Waals surface area contributed by atoms with Crippen LogP contribution in [0.4, 0.5) is 0 Å². The highest BCUT2D eigenvalue weighted by Gasteiger charge is 2.14. The van der Waals surface area contributed by atoms with E-state index in [1.54, 1.807) is 30.2 Å². The molecule has 0 aliphatic rings. The van der Waals surface area contributed by atoms with Crippen molar-refractivity contribution in [1.82, 2.24) is 19.7 Å². The monoisotopic (exact) mass is 372 g/mol. The molecular weight excluding hydrogens is 356 g/mol. The highest BCUT2D eigenvalue weighted by molar-refractivity contribution is 7.98. The minimum atomic E-state index is 0.568. The summed E-state index contributed by atoms with van der Waals surface area (Å²) in [6, 6.07) is 12.1. The molecular formula is C17H16N4O2S2. The van der Waals surface area contributed by atoms with Crippen LogP contribution in [0.15, 0.2) is 51.5 Å². The summed E-state index contributed by atoms with van der Waals surface area (Å²) in [5.41, 5.74) is 2.09. The minimum absolute atomic E-state index is 0.568. The summed E-state index contributed by atoms with van der Waals surface area (Å²) >= 11 is 3.19. The summed E-state index contributed by atoms with van der Waals surface area (Å²) in [5, 5.41) is 6.99. The van der Waals surface area contributed by atoms with E-state index in [1.165, 1.54) is 0 Å². The van der Waals surface area contributed by atoms with Crippen molar-refractivity contribution in [2.45, 2.75) is 17.5 Å². The molecule has 0 N–H and O–H groups in total. The summed E-state index contributed by atoms with van der Waals surface area (Å²) < 4.78 is 12.7. The van der Waals surface area contributed by atoms with Crippen molar-refractivity contribution in [3.05, 3.63) is 47.6 Å². The SMILES string of the molecule is COCCn1c(SCc2noc(-c3cccs3)n2)nc2ccccc21. The van der Waals surface area contributed by atoms with Gasteiger partial charge in [0.2, 0.25) is 0 Å². The fraction of sp³-hybridized carbons (Fsp3) is 0.235. The third-order valence-corrected chi connectivity index (χ3v) is 5.50. The number of aromatic nitrogens is 4. The predicted octanol–water partition coefficient (Wildman–Crippen LogP) is 4.09. The van der Waals surface area contributed by atoms with Gasteiger partial charge in [-0.2, -0.15) is 4.98 Å². The lowest BCUT2D eigenvalue weighted by molar-refractivity contribution is 0.186.